The number of esters is 1. The molecule has 0 saturated heterocycles. The van der Waals surface area contributed by atoms with Crippen LogP contribution in [-0.4, -0.2) is 22.9 Å². The molecular formula is C12H10N4O2. The zero-order chi connectivity index (χ0) is 13.1. The number of carbonyl (C=O) groups excluding carboxylic acids is 1. The van der Waals surface area contributed by atoms with Gasteiger partial charge in [0.25, 0.3) is 0 Å². The number of rotatable bonds is 2. The number of benzene rings is 1. The summed E-state index contributed by atoms with van der Waals surface area (Å²) in [6.07, 6.45) is 1.52. The molecule has 0 aliphatic rings. The van der Waals surface area contributed by atoms with E-state index in [1.807, 2.05) is 6.07 Å². The summed E-state index contributed by atoms with van der Waals surface area (Å²) in [5.41, 5.74) is 7.24. The number of nitrogen functional groups attached to an aromatic ring is 1. The summed E-state index contributed by atoms with van der Waals surface area (Å²) in [5, 5.41) is 12.7. The predicted octanol–water partition coefficient (Wildman–Crippen LogP) is 1.11. The Morgan fingerprint density at radius 1 is 1.44 bits per heavy atom. The maximum absolute atomic E-state index is 11.4. The van der Waals surface area contributed by atoms with E-state index in [1.54, 1.807) is 24.3 Å². The Labute approximate surface area is 103 Å². The molecule has 18 heavy (non-hydrogen) atoms. The van der Waals surface area contributed by atoms with Crippen molar-refractivity contribution in [2.45, 2.75) is 0 Å². The van der Waals surface area contributed by atoms with Gasteiger partial charge in [0, 0.05) is 0 Å². The molecule has 0 amide bonds. The molecule has 6 heteroatoms. The number of hydrogen-bond acceptors (Lipinski definition) is 5. The summed E-state index contributed by atoms with van der Waals surface area (Å²) in [7, 11) is 1.27. The lowest BCUT2D eigenvalue weighted by molar-refractivity contribution is 0.0594. The van der Waals surface area contributed by atoms with Gasteiger partial charge >= 0.3 is 5.97 Å². The smallest absolute Gasteiger partial charge is 0.360 e. The van der Waals surface area contributed by atoms with E-state index in [0.29, 0.717) is 11.3 Å². The van der Waals surface area contributed by atoms with Gasteiger partial charge in [0.05, 0.1) is 36.3 Å². The molecule has 0 unspecified atom stereocenters. The van der Waals surface area contributed by atoms with Crippen LogP contribution in [0.1, 0.15) is 16.1 Å². The molecule has 0 fully saturated rings. The van der Waals surface area contributed by atoms with Gasteiger partial charge in [-0.2, -0.15) is 10.4 Å². The Bertz CT molecular complexity index is 623. The van der Waals surface area contributed by atoms with Crippen LogP contribution in [0.4, 0.5) is 5.69 Å². The Kier molecular flexibility index (Phi) is 2.98. The second-order valence-corrected chi connectivity index (χ2v) is 3.53. The maximum atomic E-state index is 11.4. The van der Waals surface area contributed by atoms with Crippen LogP contribution >= 0.6 is 0 Å². The fourth-order valence-corrected chi connectivity index (χ4v) is 1.46. The number of nitrogens with two attached hydrogens (primary N) is 1. The normalized spacial score (nSPS) is 9.78. The molecule has 0 radical (unpaired) electrons. The molecule has 1 aromatic heterocycles. The first kappa shape index (κ1) is 11.7. The molecule has 0 aliphatic carbocycles. The molecule has 2 rings (SSSR count). The molecule has 0 atom stereocenters. The maximum Gasteiger partial charge on any atom is 0.360 e. The molecule has 90 valence electrons. The lowest BCUT2D eigenvalue weighted by Gasteiger charge is -2.00. The van der Waals surface area contributed by atoms with E-state index in [2.05, 4.69) is 9.84 Å². The van der Waals surface area contributed by atoms with Crippen molar-refractivity contribution in [1.29, 1.82) is 5.26 Å². The number of carbonyl (C=O) groups is 1. The summed E-state index contributed by atoms with van der Waals surface area (Å²) in [6.45, 7) is 0. The van der Waals surface area contributed by atoms with Crippen molar-refractivity contribution < 1.29 is 9.53 Å². The van der Waals surface area contributed by atoms with E-state index in [0.717, 1.165) is 0 Å². The largest absolute Gasteiger partial charge is 0.464 e. The van der Waals surface area contributed by atoms with Crippen molar-refractivity contribution in [3.8, 4) is 11.8 Å². The topological polar surface area (TPSA) is 93.9 Å². The molecule has 2 N–H and O–H groups in total. The molecule has 1 heterocycles. The predicted molar refractivity (Wildman–Crippen MR) is 64.0 cm³/mol. The highest BCUT2D eigenvalue weighted by molar-refractivity contribution is 5.92. The average Bonchev–Trinajstić information content (AvgIpc) is 2.80. The lowest BCUT2D eigenvalue weighted by atomic mass is 10.2. The van der Waals surface area contributed by atoms with Gasteiger partial charge in [-0.15, -0.1) is 0 Å². The molecule has 0 aliphatic heterocycles. The highest BCUT2D eigenvalue weighted by Crippen LogP contribution is 2.15. The van der Waals surface area contributed by atoms with Crippen LogP contribution in [0.25, 0.3) is 5.69 Å². The molecule has 0 bridgehead atoms. The van der Waals surface area contributed by atoms with Crippen molar-refractivity contribution in [3.63, 3.8) is 0 Å². The van der Waals surface area contributed by atoms with E-state index in [1.165, 1.54) is 18.0 Å². The molecule has 2 aromatic rings. The third-order valence-corrected chi connectivity index (χ3v) is 2.38. The van der Waals surface area contributed by atoms with Crippen LogP contribution in [0.15, 0.2) is 30.5 Å². The average molecular weight is 242 g/mol. The van der Waals surface area contributed by atoms with Crippen molar-refractivity contribution in [1.82, 2.24) is 9.78 Å². The van der Waals surface area contributed by atoms with Crippen LogP contribution in [0.3, 0.4) is 0 Å². The van der Waals surface area contributed by atoms with Gasteiger partial charge in [-0.25, -0.2) is 9.48 Å². The van der Waals surface area contributed by atoms with Crippen LogP contribution in [0.5, 0.6) is 0 Å². The van der Waals surface area contributed by atoms with Crippen LogP contribution in [0.2, 0.25) is 0 Å². The first-order valence-corrected chi connectivity index (χ1v) is 5.09. The molecule has 1 aromatic carbocycles. The second-order valence-electron chi connectivity index (χ2n) is 3.53. The van der Waals surface area contributed by atoms with E-state index in [9.17, 15) is 4.79 Å². The number of nitrogens with zero attached hydrogens (tertiary/aromatic N) is 3. The Hall–Kier alpha value is -2.81. The summed E-state index contributed by atoms with van der Waals surface area (Å²) in [4.78, 5) is 11.4. The zero-order valence-electron chi connectivity index (χ0n) is 9.62. The van der Waals surface area contributed by atoms with Crippen molar-refractivity contribution in [2.75, 3.05) is 12.8 Å². The van der Waals surface area contributed by atoms with E-state index >= 15 is 0 Å². The SMILES string of the molecule is COC(=O)c1nn(-c2ccc(C#N)cc2)cc1N. The minimum absolute atomic E-state index is 0.0712. The Morgan fingerprint density at radius 3 is 2.67 bits per heavy atom. The number of nitriles is 1. The van der Waals surface area contributed by atoms with E-state index < -0.39 is 5.97 Å². The minimum Gasteiger partial charge on any atom is -0.464 e. The fourth-order valence-electron chi connectivity index (χ4n) is 1.46. The molecular weight excluding hydrogens is 232 g/mol. The summed E-state index contributed by atoms with van der Waals surface area (Å²) < 4.78 is 6.03. The highest BCUT2D eigenvalue weighted by Gasteiger charge is 2.15. The Balaban J connectivity index is 2.39. The first-order valence-electron chi connectivity index (χ1n) is 5.09. The molecule has 0 spiro atoms. The number of aromatic nitrogens is 2. The van der Waals surface area contributed by atoms with Gasteiger partial charge in [0.2, 0.25) is 0 Å². The van der Waals surface area contributed by atoms with E-state index in [4.69, 9.17) is 11.0 Å². The Morgan fingerprint density at radius 2 is 2.11 bits per heavy atom. The molecule has 0 saturated carbocycles. The number of methoxy groups -OCH3 is 1. The van der Waals surface area contributed by atoms with E-state index in [-0.39, 0.29) is 11.4 Å². The summed E-state index contributed by atoms with van der Waals surface area (Å²) in [5.74, 6) is -0.583. The van der Waals surface area contributed by atoms with Gasteiger partial charge in [-0.05, 0) is 24.3 Å². The van der Waals surface area contributed by atoms with Gasteiger partial charge < -0.3 is 10.5 Å². The van der Waals surface area contributed by atoms with Gasteiger partial charge in [-0.1, -0.05) is 0 Å². The fraction of sp³-hybridized carbons (Fsp3) is 0.0833. The van der Waals surface area contributed by atoms with Crippen LogP contribution in [0, 0.1) is 11.3 Å². The van der Waals surface area contributed by atoms with Gasteiger partial charge in [0.1, 0.15) is 0 Å². The van der Waals surface area contributed by atoms with Crippen LogP contribution in [-0.2, 0) is 4.74 Å². The molecule has 6 nitrogen and oxygen atoms in total. The zero-order valence-corrected chi connectivity index (χ0v) is 9.62. The van der Waals surface area contributed by atoms with Crippen molar-refractivity contribution in [2.24, 2.45) is 0 Å². The summed E-state index contributed by atoms with van der Waals surface area (Å²) >= 11 is 0. The van der Waals surface area contributed by atoms with Crippen molar-refractivity contribution in [3.05, 3.63) is 41.7 Å². The monoisotopic (exact) mass is 242 g/mol. The third-order valence-electron chi connectivity index (χ3n) is 2.38. The first-order chi connectivity index (χ1) is 8.65. The minimum atomic E-state index is -0.583. The quantitative estimate of drug-likeness (QED) is 0.796. The standard InChI is InChI=1S/C12H10N4O2/c1-18-12(17)11-10(14)7-16(15-11)9-4-2-8(6-13)3-5-9/h2-5,7H,14H2,1H3. The van der Waals surface area contributed by atoms with Crippen molar-refractivity contribution >= 4 is 11.7 Å². The number of anilines is 1. The highest BCUT2D eigenvalue weighted by atomic mass is 16.5. The summed E-state index contributed by atoms with van der Waals surface area (Å²) in [6, 6.07) is 8.77. The lowest BCUT2D eigenvalue weighted by Crippen LogP contribution is -2.06. The number of ether oxygens (including phenoxy) is 1. The van der Waals surface area contributed by atoms with Gasteiger partial charge in [-0.3, -0.25) is 0 Å². The van der Waals surface area contributed by atoms with Crippen LogP contribution < -0.4 is 5.73 Å². The third kappa shape index (κ3) is 2.01. The second kappa shape index (κ2) is 4.59. The number of hydrogen-bond donors (Lipinski definition) is 1. The van der Waals surface area contributed by atoms with Gasteiger partial charge in [0.15, 0.2) is 5.69 Å².